The maximum Gasteiger partial charge on any atom is 0.407 e. The minimum atomic E-state index is -0.510. The van der Waals surface area contributed by atoms with Gasteiger partial charge in [0.1, 0.15) is 11.1 Å². The van der Waals surface area contributed by atoms with E-state index in [0.717, 1.165) is 53.9 Å². The quantitative estimate of drug-likeness (QED) is 0.352. The van der Waals surface area contributed by atoms with Crippen LogP contribution in [0.1, 0.15) is 39.2 Å². The van der Waals surface area contributed by atoms with Crippen molar-refractivity contribution in [3.8, 4) is 0 Å². The van der Waals surface area contributed by atoms with Crippen LogP contribution in [0.3, 0.4) is 0 Å². The molecule has 1 aromatic carbocycles. The van der Waals surface area contributed by atoms with Crippen LogP contribution >= 0.6 is 0 Å². The lowest BCUT2D eigenvalue weighted by atomic mass is 9.97. The van der Waals surface area contributed by atoms with Crippen molar-refractivity contribution >= 4 is 45.5 Å². The number of ether oxygens (including phenoxy) is 1. The molecule has 0 saturated carbocycles. The fraction of sp³-hybridized carbons (Fsp3) is 0.407. The number of aryl methyl sites for hydroxylation is 1. The molecule has 0 aliphatic carbocycles. The first-order chi connectivity index (χ1) is 17.6. The van der Waals surface area contributed by atoms with E-state index in [9.17, 15) is 9.59 Å². The normalized spacial score (nSPS) is 14.8. The number of nitrogens with zero attached hydrogens (tertiary/aromatic N) is 3. The number of piperidine rings is 1. The van der Waals surface area contributed by atoms with E-state index in [4.69, 9.17) is 14.1 Å². The molecule has 4 heterocycles. The number of fused-ring (bicyclic) bond motifs is 2. The zero-order chi connectivity index (χ0) is 26.2. The molecule has 0 bridgehead atoms. The molecule has 0 atom stereocenters. The van der Waals surface area contributed by atoms with Gasteiger partial charge < -0.3 is 29.7 Å². The molecule has 3 aromatic heterocycles. The molecule has 1 aliphatic rings. The Morgan fingerprint density at radius 2 is 1.97 bits per heavy atom. The standard InChI is InChI=1S/C27H32N6O4/c1-16-13-22(34)30-21-14-18(5-6-19(16)21)29-25-31-20-9-12-36-23(20)24(32-25)33-10-7-17(8-11-33)15-28-26(35)37-27(2,3)4/h5-6,9,12-14,17H,7-8,10-11,15H2,1-4H3,(H,28,35)(H,30,34)(H,29,31,32). The fourth-order valence-corrected chi connectivity index (χ4v) is 4.65. The molecule has 5 rings (SSSR count). The number of rotatable bonds is 5. The molecule has 0 spiro atoms. The van der Waals surface area contributed by atoms with E-state index >= 15 is 0 Å². The van der Waals surface area contributed by atoms with Crippen LogP contribution in [0.4, 0.5) is 22.2 Å². The van der Waals surface area contributed by atoms with Crippen LogP contribution in [0.5, 0.6) is 0 Å². The third-order valence-corrected chi connectivity index (χ3v) is 6.44. The maximum atomic E-state index is 12.0. The number of benzene rings is 1. The van der Waals surface area contributed by atoms with Gasteiger partial charge in [0.15, 0.2) is 11.4 Å². The number of aromatic nitrogens is 3. The molecule has 4 aromatic rings. The van der Waals surface area contributed by atoms with Crippen LogP contribution < -0.4 is 21.1 Å². The van der Waals surface area contributed by atoms with Crippen molar-refractivity contribution in [3.05, 3.63) is 52.5 Å². The third-order valence-electron chi connectivity index (χ3n) is 6.44. The Bertz CT molecular complexity index is 1490. The van der Waals surface area contributed by atoms with Gasteiger partial charge in [-0.25, -0.2) is 9.78 Å². The smallest absolute Gasteiger partial charge is 0.407 e. The maximum absolute atomic E-state index is 12.0. The van der Waals surface area contributed by atoms with Gasteiger partial charge >= 0.3 is 6.09 Å². The first kappa shape index (κ1) is 24.6. The number of nitrogens with one attached hydrogen (secondary N) is 3. The van der Waals surface area contributed by atoms with Gasteiger partial charge in [-0.15, -0.1) is 0 Å². The Morgan fingerprint density at radius 3 is 2.73 bits per heavy atom. The molecule has 0 radical (unpaired) electrons. The molecule has 1 fully saturated rings. The first-order valence-electron chi connectivity index (χ1n) is 12.5. The van der Waals surface area contributed by atoms with Crippen molar-refractivity contribution in [1.29, 1.82) is 0 Å². The second-order valence-corrected chi connectivity index (χ2v) is 10.5. The third kappa shape index (κ3) is 5.68. The number of hydrogen-bond donors (Lipinski definition) is 3. The van der Waals surface area contributed by atoms with Crippen molar-refractivity contribution in [1.82, 2.24) is 20.3 Å². The van der Waals surface area contributed by atoms with Crippen LogP contribution in [0.25, 0.3) is 22.0 Å². The Morgan fingerprint density at radius 1 is 1.19 bits per heavy atom. The number of carbonyl (C=O) groups is 1. The Hall–Kier alpha value is -4.08. The minimum absolute atomic E-state index is 0.134. The predicted octanol–water partition coefficient (Wildman–Crippen LogP) is 4.86. The van der Waals surface area contributed by atoms with E-state index in [-0.39, 0.29) is 11.7 Å². The van der Waals surface area contributed by atoms with E-state index in [1.54, 1.807) is 12.3 Å². The number of anilines is 3. The van der Waals surface area contributed by atoms with Crippen LogP contribution in [-0.2, 0) is 4.74 Å². The molecule has 194 valence electrons. The van der Waals surface area contributed by atoms with Gasteiger partial charge in [0.25, 0.3) is 0 Å². The SMILES string of the molecule is Cc1cc(=O)[nH]c2cc(Nc3nc(N4CCC(CNC(=O)OC(C)(C)C)CC4)c4occc4n3)ccc12. The second kappa shape index (κ2) is 9.76. The fourth-order valence-electron chi connectivity index (χ4n) is 4.65. The Labute approximate surface area is 214 Å². The molecule has 3 N–H and O–H groups in total. The Balaban J connectivity index is 1.30. The van der Waals surface area contributed by atoms with Gasteiger partial charge in [-0.05, 0) is 64.2 Å². The average Bonchev–Trinajstić information content (AvgIpc) is 3.30. The molecule has 10 nitrogen and oxygen atoms in total. The van der Waals surface area contributed by atoms with Crippen LogP contribution in [-0.4, -0.2) is 46.3 Å². The minimum Gasteiger partial charge on any atom is -0.459 e. The highest BCUT2D eigenvalue weighted by Gasteiger charge is 2.25. The summed E-state index contributed by atoms with van der Waals surface area (Å²) < 4.78 is 11.1. The summed E-state index contributed by atoms with van der Waals surface area (Å²) in [4.78, 5) is 38.4. The molecule has 1 amide bonds. The average molecular weight is 505 g/mol. The molecule has 1 aliphatic heterocycles. The predicted molar refractivity (Wildman–Crippen MR) is 144 cm³/mol. The summed E-state index contributed by atoms with van der Waals surface area (Å²) in [5, 5.41) is 7.16. The summed E-state index contributed by atoms with van der Waals surface area (Å²) in [7, 11) is 0. The highest BCUT2D eigenvalue weighted by molar-refractivity contribution is 5.87. The molecule has 1 saturated heterocycles. The number of amides is 1. The van der Waals surface area contributed by atoms with E-state index < -0.39 is 5.60 Å². The zero-order valence-electron chi connectivity index (χ0n) is 21.6. The highest BCUT2D eigenvalue weighted by atomic mass is 16.6. The van der Waals surface area contributed by atoms with E-state index in [2.05, 4.69) is 25.5 Å². The van der Waals surface area contributed by atoms with Crippen molar-refractivity contribution in [2.24, 2.45) is 5.92 Å². The summed E-state index contributed by atoms with van der Waals surface area (Å²) in [5.74, 6) is 1.55. The van der Waals surface area contributed by atoms with Crippen molar-refractivity contribution < 1.29 is 13.9 Å². The van der Waals surface area contributed by atoms with Crippen molar-refractivity contribution in [2.45, 2.75) is 46.1 Å². The van der Waals surface area contributed by atoms with E-state index in [0.29, 0.717) is 29.5 Å². The van der Waals surface area contributed by atoms with E-state index in [1.165, 1.54) is 0 Å². The van der Waals surface area contributed by atoms with Gasteiger partial charge in [-0.1, -0.05) is 6.07 Å². The second-order valence-electron chi connectivity index (χ2n) is 10.5. The highest BCUT2D eigenvalue weighted by Crippen LogP contribution is 2.31. The molecule has 10 heteroatoms. The number of H-pyrrole nitrogens is 1. The topological polar surface area (TPSA) is 125 Å². The molecule has 0 unspecified atom stereocenters. The lowest BCUT2D eigenvalue weighted by Crippen LogP contribution is -2.40. The Kier molecular flexibility index (Phi) is 6.49. The number of hydrogen-bond acceptors (Lipinski definition) is 8. The van der Waals surface area contributed by atoms with Gasteiger partial charge in [-0.3, -0.25) is 4.79 Å². The molecular formula is C27H32N6O4. The van der Waals surface area contributed by atoms with Crippen LogP contribution in [0.15, 0.2) is 45.8 Å². The van der Waals surface area contributed by atoms with Crippen molar-refractivity contribution in [3.63, 3.8) is 0 Å². The summed E-state index contributed by atoms with van der Waals surface area (Å²) in [6.45, 7) is 9.63. The summed E-state index contributed by atoms with van der Waals surface area (Å²) in [5.41, 5.74) is 3.17. The van der Waals surface area contributed by atoms with Gasteiger partial charge in [0.05, 0.1) is 11.8 Å². The number of aromatic amines is 1. The summed E-state index contributed by atoms with van der Waals surface area (Å²) in [6, 6.07) is 9.21. The lowest BCUT2D eigenvalue weighted by molar-refractivity contribution is 0.0517. The number of furan rings is 1. The largest absolute Gasteiger partial charge is 0.459 e. The first-order valence-corrected chi connectivity index (χ1v) is 12.5. The van der Waals surface area contributed by atoms with Gasteiger partial charge in [-0.2, -0.15) is 4.98 Å². The van der Waals surface area contributed by atoms with Crippen molar-refractivity contribution in [2.75, 3.05) is 29.9 Å². The summed E-state index contributed by atoms with van der Waals surface area (Å²) in [6.07, 6.45) is 3.05. The molecule has 37 heavy (non-hydrogen) atoms. The van der Waals surface area contributed by atoms with Gasteiger partial charge in [0.2, 0.25) is 11.5 Å². The number of pyridine rings is 1. The zero-order valence-corrected chi connectivity index (χ0v) is 21.6. The van der Waals surface area contributed by atoms with Crippen LogP contribution in [0.2, 0.25) is 0 Å². The van der Waals surface area contributed by atoms with Gasteiger partial charge in [0, 0.05) is 42.8 Å². The van der Waals surface area contributed by atoms with E-state index in [1.807, 2.05) is 52.0 Å². The number of carbonyl (C=O) groups excluding carboxylic acids is 1. The monoisotopic (exact) mass is 504 g/mol. The van der Waals surface area contributed by atoms with Crippen LogP contribution in [0, 0.1) is 12.8 Å². The summed E-state index contributed by atoms with van der Waals surface area (Å²) >= 11 is 0. The lowest BCUT2D eigenvalue weighted by Gasteiger charge is -2.33. The number of alkyl carbamates (subject to hydrolysis) is 1. The molecular weight excluding hydrogens is 472 g/mol.